The molecule has 1 rings (SSSR count). The Morgan fingerprint density at radius 3 is 2.53 bits per heavy atom. The molecule has 0 aliphatic heterocycles. The van der Waals surface area contributed by atoms with Crippen LogP contribution in [0, 0.1) is 0 Å². The Kier molecular flexibility index (Phi) is 3.34. The molecule has 0 amide bonds. The molecular weight excluding hydrogens is 209 g/mol. The SMILES string of the molecule is CCc1ccc(C=O)c(OC(F)(F)F)c1. The van der Waals surface area contributed by atoms with E-state index in [0.717, 1.165) is 0 Å². The number of ether oxygens (including phenoxy) is 1. The molecule has 1 aromatic carbocycles. The molecule has 2 nitrogen and oxygen atoms in total. The fourth-order valence-corrected chi connectivity index (χ4v) is 1.11. The van der Waals surface area contributed by atoms with Gasteiger partial charge in [-0.2, -0.15) is 0 Å². The maximum absolute atomic E-state index is 12.0. The predicted octanol–water partition coefficient (Wildman–Crippen LogP) is 2.96. The summed E-state index contributed by atoms with van der Waals surface area (Å²) < 4.78 is 39.6. The Labute approximate surface area is 84.7 Å². The van der Waals surface area contributed by atoms with Gasteiger partial charge in [0.05, 0.1) is 5.56 Å². The summed E-state index contributed by atoms with van der Waals surface area (Å²) in [5, 5.41) is 0. The van der Waals surface area contributed by atoms with Crippen molar-refractivity contribution in [1.82, 2.24) is 0 Å². The smallest absolute Gasteiger partial charge is 0.405 e. The lowest BCUT2D eigenvalue weighted by Crippen LogP contribution is -2.18. The molecule has 0 spiro atoms. The average molecular weight is 218 g/mol. The Bertz CT molecular complexity index is 358. The maximum atomic E-state index is 12.0. The topological polar surface area (TPSA) is 26.3 Å². The van der Waals surface area contributed by atoms with Crippen LogP contribution < -0.4 is 4.74 Å². The van der Waals surface area contributed by atoms with E-state index in [9.17, 15) is 18.0 Å². The quantitative estimate of drug-likeness (QED) is 0.729. The van der Waals surface area contributed by atoms with Gasteiger partial charge >= 0.3 is 6.36 Å². The largest absolute Gasteiger partial charge is 0.573 e. The van der Waals surface area contributed by atoms with Crippen molar-refractivity contribution in [2.45, 2.75) is 19.7 Å². The first kappa shape index (κ1) is 11.6. The summed E-state index contributed by atoms with van der Waals surface area (Å²) in [4.78, 5) is 10.5. The summed E-state index contributed by atoms with van der Waals surface area (Å²) >= 11 is 0. The van der Waals surface area contributed by atoms with E-state index in [1.165, 1.54) is 12.1 Å². The van der Waals surface area contributed by atoms with Gasteiger partial charge in [0, 0.05) is 0 Å². The molecule has 0 unspecified atom stereocenters. The molecule has 5 heteroatoms. The van der Waals surface area contributed by atoms with E-state index in [1.54, 1.807) is 13.0 Å². The molecule has 0 saturated carbocycles. The molecular formula is C10H9F3O2. The van der Waals surface area contributed by atoms with Crippen molar-refractivity contribution < 1.29 is 22.7 Å². The minimum atomic E-state index is -4.77. The van der Waals surface area contributed by atoms with Crippen molar-refractivity contribution in [2.75, 3.05) is 0 Å². The molecule has 0 atom stereocenters. The number of carbonyl (C=O) groups excluding carboxylic acids is 1. The molecule has 0 radical (unpaired) electrons. The number of alkyl halides is 3. The summed E-state index contributed by atoms with van der Waals surface area (Å²) in [5.74, 6) is -0.447. The van der Waals surface area contributed by atoms with E-state index < -0.39 is 12.1 Å². The van der Waals surface area contributed by atoms with Gasteiger partial charge < -0.3 is 4.74 Å². The first-order chi connectivity index (χ1) is 6.96. The maximum Gasteiger partial charge on any atom is 0.573 e. The van der Waals surface area contributed by atoms with Crippen LogP contribution in [-0.2, 0) is 6.42 Å². The van der Waals surface area contributed by atoms with Gasteiger partial charge in [-0.05, 0) is 24.1 Å². The monoisotopic (exact) mass is 218 g/mol. The van der Waals surface area contributed by atoms with Gasteiger partial charge in [-0.15, -0.1) is 13.2 Å². The molecule has 0 aromatic heterocycles. The van der Waals surface area contributed by atoms with Crippen molar-refractivity contribution in [3.63, 3.8) is 0 Å². The van der Waals surface area contributed by atoms with Gasteiger partial charge in [-0.3, -0.25) is 4.79 Å². The van der Waals surface area contributed by atoms with Crippen molar-refractivity contribution in [1.29, 1.82) is 0 Å². The predicted molar refractivity (Wildman–Crippen MR) is 47.9 cm³/mol. The third-order valence-corrected chi connectivity index (χ3v) is 1.84. The Morgan fingerprint density at radius 2 is 2.07 bits per heavy atom. The van der Waals surface area contributed by atoms with Crippen LogP contribution in [0.3, 0.4) is 0 Å². The number of carbonyl (C=O) groups is 1. The third kappa shape index (κ3) is 3.27. The average Bonchev–Trinajstić information content (AvgIpc) is 2.15. The summed E-state index contributed by atoms with van der Waals surface area (Å²) in [6.45, 7) is 1.80. The van der Waals surface area contributed by atoms with Crippen LogP contribution >= 0.6 is 0 Å². The summed E-state index contributed by atoms with van der Waals surface area (Å²) in [6, 6.07) is 4.12. The second kappa shape index (κ2) is 4.33. The number of aryl methyl sites for hydroxylation is 1. The summed E-state index contributed by atoms with van der Waals surface area (Å²) in [7, 11) is 0. The van der Waals surface area contributed by atoms with Gasteiger partial charge in [0.25, 0.3) is 0 Å². The van der Waals surface area contributed by atoms with Crippen LogP contribution in [0.5, 0.6) is 5.75 Å². The third-order valence-electron chi connectivity index (χ3n) is 1.84. The highest BCUT2D eigenvalue weighted by molar-refractivity contribution is 5.79. The lowest BCUT2D eigenvalue weighted by molar-refractivity contribution is -0.274. The molecule has 0 fully saturated rings. The van der Waals surface area contributed by atoms with E-state index in [2.05, 4.69) is 4.74 Å². The number of aldehydes is 1. The van der Waals surface area contributed by atoms with E-state index >= 15 is 0 Å². The number of hydrogen-bond acceptors (Lipinski definition) is 2. The van der Waals surface area contributed by atoms with Crippen LogP contribution in [-0.4, -0.2) is 12.6 Å². The zero-order chi connectivity index (χ0) is 11.5. The molecule has 0 N–H and O–H groups in total. The molecule has 0 heterocycles. The molecule has 0 aliphatic rings. The number of rotatable bonds is 3. The standard InChI is InChI=1S/C10H9F3O2/c1-2-7-3-4-8(6-14)9(5-7)15-10(11,12)13/h3-6H,2H2,1H3. The Morgan fingerprint density at radius 1 is 1.40 bits per heavy atom. The summed E-state index contributed by atoms with van der Waals surface area (Å²) in [6.07, 6.45) is -3.86. The highest BCUT2D eigenvalue weighted by Gasteiger charge is 2.32. The molecule has 0 aliphatic carbocycles. The zero-order valence-corrected chi connectivity index (χ0v) is 7.97. The molecule has 0 bridgehead atoms. The number of halogens is 3. The van der Waals surface area contributed by atoms with Crippen molar-refractivity contribution in [2.24, 2.45) is 0 Å². The van der Waals surface area contributed by atoms with E-state index in [1.807, 2.05) is 0 Å². The Hall–Kier alpha value is -1.52. The minimum absolute atomic E-state index is 0.107. The second-order valence-corrected chi connectivity index (χ2v) is 2.89. The van der Waals surface area contributed by atoms with Gasteiger partial charge in [0.2, 0.25) is 0 Å². The van der Waals surface area contributed by atoms with Gasteiger partial charge in [-0.1, -0.05) is 13.0 Å². The fourth-order valence-electron chi connectivity index (χ4n) is 1.11. The highest BCUT2D eigenvalue weighted by Crippen LogP contribution is 2.26. The van der Waals surface area contributed by atoms with Gasteiger partial charge in [-0.25, -0.2) is 0 Å². The molecule has 15 heavy (non-hydrogen) atoms. The first-order valence-electron chi connectivity index (χ1n) is 4.30. The minimum Gasteiger partial charge on any atom is -0.405 e. The van der Waals surface area contributed by atoms with Crippen molar-refractivity contribution in [3.8, 4) is 5.75 Å². The Balaban J connectivity index is 3.06. The van der Waals surface area contributed by atoms with Crippen LogP contribution in [0.4, 0.5) is 13.2 Å². The van der Waals surface area contributed by atoms with E-state index in [4.69, 9.17) is 0 Å². The number of benzene rings is 1. The summed E-state index contributed by atoms with van der Waals surface area (Å²) in [5.41, 5.74) is 0.573. The van der Waals surface area contributed by atoms with Crippen LogP contribution in [0.1, 0.15) is 22.8 Å². The second-order valence-electron chi connectivity index (χ2n) is 2.89. The normalized spacial score (nSPS) is 11.2. The highest BCUT2D eigenvalue weighted by atomic mass is 19.4. The zero-order valence-electron chi connectivity index (χ0n) is 7.97. The van der Waals surface area contributed by atoms with Crippen molar-refractivity contribution in [3.05, 3.63) is 29.3 Å². The van der Waals surface area contributed by atoms with Crippen LogP contribution in [0.25, 0.3) is 0 Å². The molecule has 82 valence electrons. The number of hydrogen-bond donors (Lipinski definition) is 0. The van der Waals surface area contributed by atoms with Crippen LogP contribution in [0.2, 0.25) is 0 Å². The first-order valence-corrected chi connectivity index (χ1v) is 4.30. The van der Waals surface area contributed by atoms with Gasteiger partial charge in [0.1, 0.15) is 5.75 Å². The molecule has 0 saturated heterocycles. The van der Waals surface area contributed by atoms with Crippen LogP contribution in [0.15, 0.2) is 18.2 Å². The van der Waals surface area contributed by atoms with E-state index in [-0.39, 0.29) is 5.56 Å². The lowest BCUT2D eigenvalue weighted by Gasteiger charge is -2.11. The van der Waals surface area contributed by atoms with Gasteiger partial charge in [0.15, 0.2) is 6.29 Å². The fraction of sp³-hybridized carbons (Fsp3) is 0.300. The molecule has 1 aromatic rings. The van der Waals surface area contributed by atoms with E-state index in [0.29, 0.717) is 18.3 Å². The lowest BCUT2D eigenvalue weighted by atomic mass is 10.1. The van der Waals surface area contributed by atoms with Crippen molar-refractivity contribution >= 4 is 6.29 Å².